The molecule has 0 saturated carbocycles. The van der Waals surface area contributed by atoms with Gasteiger partial charge >= 0.3 is 0 Å². The van der Waals surface area contributed by atoms with Crippen molar-refractivity contribution in [1.82, 2.24) is 4.57 Å². The quantitative estimate of drug-likeness (QED) is 0.534. The molecule has 2 aromatic heterocycles. The van der Waals surface area contributed by atoms with Gasteiger partial charge in [0, 0.05) is 18.0 Å². The number of amides is 1. The summed E-state index contributed by atoms with van der Waals surface area (Å²) in [7, 11) is 3.14. The molecule has 0 saturated heterocycles. The van der Waals surface area contributed by atoms with E-state index in [1.54, 1.807) is 32.4 Å². The molecule has 136 valence electrons. The van der Waals surface area contributed by atoms with Crippen molar-refractivity contribution >= 4 is 33.8 Å². The molecule has 0 aliphatic heterocycles. The van der Waals surface area contributed by atoms with Gasteiger partial charge in [-0.1, -0.05) is 18.2 Å². The first-order valence-electron chi connectivity index (χ1n) is 8.39. The third-order valence-corrected chi connectivity index (χ3v) is 5.38. The fraction of sp³-hybridized carbons (Fsp3) is 0.0952. The number of methoxy groups -OCH3 is 2. The fourth-order valence-electron chi connectivity index (χ4n) is 2.96. The molecule has 4 aromatic rings. The molecule has 6 heteroatoms. The van der Waals surface area contributed by atoms with Crippen molar-refractivity contribution in [2.45, 2.75) is 0 Å². The van der Waals surface area contributed by atoms with Gasteiger partial charge in [-0.05, 0) is 41.8 Å². The van der Waals surface area contributed by atoms with Crippen molar-refractivity contribution in [3.8, 4) is 16.5 Å². The maximum Gasteiger partial charge on any atom is 0.265 e. The molecular formula is C21H18N2O3S. The van der Waals surface area contributed by atoms with Crippen LogP contribution in [0.3, 0.4) is 0 Å². The number of aromatic nitrogens is 1. The number of ether oxygens (including phenoxy) is 2. The Balaban J connectivity index is 1.57. The van der Waals surface area contributed by atoms with Crippen LogP contribution in [0, 0.1) is 0 Å². The van der Waals surface area contributed by atoms with Gasteiger partial charge in [0.1, 0.15) is 5.00 Å². The Morgan fingerprint density at radius 3 is 2.59 bits per heavy atom. The minimum Gasteiger partial charge on any atom is -0.493 e. The van der Waals surface area contributed by atoms with Crippen molar-refractivity contribution in [1.29, 1.82) is 0 Å². The van der Waals surface area contributed by atoms with Gasteiger partial charge in [0.25, 0.3) is 5.91 Å². The van der Waals surface area contributed by atoms with Gasteiger partial charge in [-0.2, -0.15) is 0 Å². The Bertz CT molecular complexity index is 1110. The first-order valence-corrected chi connectivity index (χ1v) is 9.21. The van der Waals surface area contributed by atoms with Crippen LogP contribution in [0.2, 0.25) is 0 Å². The molecule has 0 aliphatic rings. The number of nitrogens with zero attached hydrogens (tertiary/aromatic N) is 1. The van der Waals surface area contributed by atoms with Crippen molar-refractivity contribution in [3.05, 3.63) is 71.7 Å². The second kappa shape index (κ2) is 7.17. The molecule has 27 heavy (non-hydrogen) atoms. The number of nitrogens with one attached hydrogen (secondary N) is 1. The second-order valence-electron chi connectivity index (χ2n) is 5.91. The smallest absolute Gasteiger partial charge is 0.265 e. The average Bonchev–Trinajstić information content (AvgIpc) is 3.34. The van der Waals surface area contributed by atoms with Crippen LogP contribution >= 0.6 is 11.3 Å². The fourth-order valence-corrected chi connectivity index (χ4v) is 3.86. The third kappa shape index (κ3) is 3.27. The summed E-state index contributed by atoms with van der Waals surface area (Å²) < 4.78 is 12.6. The van der Waals surface area contributed by atoms with E-state index >= 15 is 0 Å². The lowest BCUT2D eigenvalue weighted by atomic mass is 10.2. The highest BCUT2D eigenvalue weighted by Gasteiger charge is 2.13. The van der Waals surface area contributed by atoms with E-state index in [4.69, 9.17) is 9.47 Å². The molecule has 1 N–H and O–H groups in total. The van der Waals surface area contributed by atoms with Crippen LogP contribution in [0.1, 0.15) is 9.67 Å². The van der Waals surface area contributed by atoms with Crippen LogP contribution in [-0.4, -0.2) is 24.7 Å². The Kier molecular flexibility index (Phi) is 4.56. The highest BCUT2D eigenvalue weighted by atomic mass is 32.1. The molecule has 2 heterocycles. The summed E-state index contributed by atoms with van der Waals surface area (Å²) in [5.74, 6) is 1.03. The molecule has 5 nitrogen and oxygen atoms in total. The number of hydrogen-bond acceptors (Lipinski definition) is 4. The number of hydrogen-bond donors (Lipinski definition) is 1. The molecule has 0 spiro atoms. The summed E-state index contributed by atoms with van der Waals surface area (Å²) in [6.45, 7) is 0. The van der Waals surface area contributed by atoms with Gasteiger partial charge in [-0.3, -0.25) is 4.79 Å². The molecule has 0 fully saturated rings. The van der Waals surface area contributed by atoms with Crippen molar-refractivity contribution in [2.75, 3.05) is 19.5 Å². The maximum atomic E-state index is 12.6. The van der Waals surface area contributed by atoms with Gasteiger partial charge in [-0.15, -0.1) is 11.3 Å². The van der Waals surface area contributed by atoms with Gasteiger partial charge in [0.2, 0.25) is 0 Å². The van der Waals surface area contributed by atoms with Crippen LogP contribution in [0.5, 0.6) is 11.5 Å². The van der Waals surface area contributed by atoms with Crippen molar-refractivity contribution < 1.29 is 14.3 Å². The summed E-state index contributed by atoms with van der Waals surface area (Å²) in [5.41, 5.74) is 1.77. The number of carbonyl (C=O) groups excluding carboxylic acids is 1. The molecule has 0 aliphatic carbocycles. The van der Waals surface area contributed by atoms with E-state index < -0.39 is 0 Å². The minimum absolute atomic E-state index is 0.157. The molecule has 2 aromatic carbocycles. The largest absolute Gasteiger partial charge is 0.493 e. The molecule has 1 amide bonds. The topological polar surface area (TPSA) is 52.5 Å². The molecule has 0 atom stereocenters. The Morgan fingerprint density at radius 2 is 1.78 bits per heavy atom. The second-order valence-corrected chi connectivity index (χ2v) is 6.97. The van der Waals surface area contributed by atoms with E-state index in [-0.39, 0.29) is 5.91 Å². The van der Waals surface area contributed by atoms with Gasteiger partial charge in [0.15, 0.2) is 11.5 Å². The van der Waals surface area contributed by atoms with Crippen LogP contribution in [0.25, 0.3) is 15.9 Å². The number of anilines is 1. The Hall–Kier alpha value is -3.25. The molecule has 0 bridgehead atoms. The maximum absolute atomic E-state index is 12.6. The average molecular weight is 378 g/mol. The van der Waals surface area contributed by atoms with Gasteiger partial charge in [-0.25, -0.2) is 0 Å². The monoisotopic (exact) mass is 378 g/mol. The standard InChI is InChI=1S/C21H18N2O3S/c1-25-17-8-7-15(13-18(17)26-2)22-21(24)19-9-10-20(27-19)23-12-11-14-5-3-4-6-16(14)23/h3-13H,1-2H3,(H,22,24). The van der Waals surface area contributed by atoms with Crippen LogP contribution in [-0.2, 0) is 0 Å². The number of benzene rings is 2. The summed E-state index contributed by atoms with van der Waals surface area (Å²) in [4.78, 5) is 13.3. The number of thiophene rings is 1. The predicted octanol–water partition coefficient (Wildman–Crippen LogP) is 4.96. The van der Waals surface area contributed by atoms with E-state index in [1.165, 1.54) is 16.7 Å². The Labute approximate surface area is 160 Å². The zero-order valence-electron chi connectivity index (χ0n) is 14.9. The number of fused-ring (bicyclic) bond motifs is 1. The van der Waals surface area contributed by atoms with Crippen molar-refractivity contribution in [2.24, 2.45) is 0 Å². The van der Waals surface area contributed by atoms with Crippen LogP contribution < -0.4 is 14.8 Å². The molecule has 4 rings (SSSR count). The highest BCUT2D eigenvalue weighted by Crippen LogP contribution is 2.31. The normalized spacial score (nSPS) is 10.7. The first kappa shape index (κ1) is 17.2. The molecule has 0 unspecified atom stereocenters. The number of carbonyl (C=O) groups is 1. The first-order chi connectivity index (χ1) is 13.2. The Morgan fingerprint density at radius 1 is 0.963 bits per heavy atom. The van der Waals surface area contributed by atoms with E-state index in [0.717, 1.165) is 10.5 Å². The SMILES string of the molecule is COc1ccc(NC(=O)c2ccc(-n3ccc4ccccc43)s2)cc1OC. The van der Waals surface area contributed by atoms with Crippen LogP contribution in [0.15, 0.2) is 66.9 Å². The summed E-state index contributed by atoms with van der Waals surface area (Å²) in [6.07, 6.45) is 2.02. The number of rotatable bonds is 5. The van der Waals surface area contributed by atoms with E-state index in [2.05, 4.69) is 28.1 Å². The predicted molar refractivity (Wildman–Crippen MR) is 109 cm³/mol. The van der Waals surface area contributed by atoms with E-state index in [0.29, 0.717) is 22.1 Å². The van der Waals surface area contributed by atoms with Gasteiger partial charge < -0.3 is 19.4 Å². The summed E-state index contributed by atoms with van der Waals surface area (Å²) in [5, 5.41) is 5.07. The zero-order chi connectivity index (χ0) is 18.8. The number of para-hydroxylation sites is 1. The summed E-state index contributed by atoms with van der Waals surface area (Å²) >= 11 is 1.45. The van der Waals surface area contributed by atoms with E-state index in [1.807, 2.05) is 30.5 Å². The third-order valence-electron chi connectivity index (χ3n) is 4.29. The molecule has 0 radical (unpaired) electrons. The van der Waals surface area contributed by atoms with E-state index in [9.17, 15) is 4.79 Å². The van der Waals surface area contributed by atoms with Crippen molar-refractivity contribution in [3.63, 3.8) is 0 Å². The minimum atomic E-state index is -0.157. The zero-order valence-corrected chi connectivity index (χ0v) is 15.7. The highest BCUT2D eigenvalue weighted by molar-refractivity contribution is 7.16. The lowest BCUT2D eigenvalue weighted by Crippen LogP contribution is -2.10. The van der Waals surface area contributed by atoms with Crippen LogP contribution in [0.4, 0.5) is 5.69 Å². The molecular weight excluding hydrogens is 360 g/mol. The van der Waals surface area contributed by atoms with Gasteiger partial charge in [0.05, 0.1) is 24.6 Å². The summed E-state index contributed by atoms with van der Waals surface area (Å²) in [6, 6.07) is 19.3. The lowest BCUT2D eigenvalue weighted by molar-refractivity contribution is 0.103. The lowest BCUT2D eigenvalue weighted by Gasteiger charge is -2.10.